The van der Waals surface area contributed by atoms with Crippen molar-refractivity contribution in [2.24, 2.45) is 4.40 Å². The van der Waals surface area contributed by atoms with Gasteiger partial charge in [0.1, 0.15) is 10.7 Å². The van der Waals surface area contributed by atoms with E-state index in [0.717, 1.165) is 25.7 Å². The maximum Gasteiger partial charge on any atom is 0.343 e. The predicted octanol–water partition coefficient (Wildman–Crippen LogP) is 4.18. The molecule has 2 aliphatic rings. The SMILES string of the molecule is CCCOc1ccccc1OC(=O)c1ccc2c(c1)S(=O)(=O)N=C1CCCCCN12. The summed E-state index contributed by atoms with van der Waals surface area (Å²) < 4.78 is 40.7. The number of hydrogen-bond acceptors (Lipinski definition) is 6. The molecule has 2 heterocycles. The van der Waals surface area contributed by atoms with Crippen LogP contribution in [0, 0.1) is 0 Å². The fourth-order valence-electron chi connectivity index (χ4n) is 3.63. The van der Waals surface area contributed by atoms with Crippen molar-refractivity contribution in [2.45, 2.75) is 43.9 Å². The Morgan fingerprint density at radius 3 is 2.70 bits per heavy atom. The number of para-hydroxylation sites is 2. The summed E-state index contributed by atoms with van der Waals surface area (Å²) in [5, 5.41) is 0. The number of hydrogen-bond donors (Lipinski definition) is 0. The molecular formula is C22H24N2O5S. The second-order valence-corrected chi connectivity index (χ2v) is 8.88. The molecule has 4 rings (SSSR count). The first kappa shape index (κ1) is 20.4. The molecule has 2 aromatic rings. The van der Waals surface area contributed by atoms with Gasteiger partial charge in [0.05, 0.1) is 17.9 Å². The van der Waals surface area contributed by atoms with Crippen LogP contribution in [-0.4, -0.2) is 33.4 Å². The molecule has 158 valence electrons. The van der Waals surface area contributed by atoms with Gasteiger partial charge < -0.3 is 14.4 Å². The van der Waals surface area contributed by atoms with Crippen molar-refractivity contribution >= 4 is 27.5 Å². The fraction of sp³-hybridized carbons (Fsp3) is 0.364. The zero-order valence-corrected chi connectivity index (χ0v) is 17.7. The van der Waals surface area contributed by atoms with Gasteiger partial charge in [-0.1, -0.05) is 25.5 Å². The van der Waals surface area contributed by atoms with Gasteiger partial charge in [0.25, 0.3) is 10.0 Å². The van der Waals surface area contributed by atoms with Crippen molar-refractivity contribution in [3.63, 3.8) is 0 Å². The monoisotopic (exact) mass is 428 g/mol. The van der Waals surface area contributed by atoms with Crippen molar-refractivity contribution in [3.8, 4) is 11.5 Å². The van der Waals surface area contributed by atoms with Crippen LogP contribution < -0.4 is 14.4 Å². The molecule has 2 aromatic carbocycles. The Kier molecular flexibility index (Phi) is 5.76. The van der Waals surface area contributed by atoms with Crippen molar-refractivity contribution < 1.29 is 22.7 Å². The average molecular weight is 429 g/mol. The second-order valence-electron chi connectivity index (χ2n) is 7.31. The van der Waals surface area contributed by atoms with E-state index in [2.05, 4.69) is 4.40 Å². The normalized spacial score (nSPS) is 17.2. The van der Waals surface area contributed by atoms with Crippen LogP contribution in [0.5, 0.6) is 11.5 Å². The lowest BCUT2D eigenvalue weighted by atomic mass is 10.2. The van der Waals surface area contributed by atoms with Crippen LogP contribution in [0.25, 0.3) is 0 Å². The number of carbonyl (C=O) groups is 1. The summed E-state index contributed by atoms with van der Waals surface area (Å²) in [5.41, 5.74) is 0.723. The summed E-state index contributed by atoms with van der Waals surface area (Å²) in [7, 11) is -3.86. The largest absolute Gasteiger partial charge is 0.490 e. The van der Waals surface area contributed by atoms with Crippen LogP contribution in [0.15, 0.2) is 51.8 Å². The summed E-state index contributed by atoms with van der Waals surface area (Å²) in [6.45, 7) is 3.20. The van der Waals surface area contributed by atoms with Gasteiger partial charge in [-0.15, -0.1) is 4.40 Å². The Morgan fingerprint density at radius 1 is 1.10 bits per heavy atom. The smallest absolute Gasteiger partial charge is 0.343 e. The average Bonchev–Trinajstić information content (AvgIpc) is 2.97. The molecule has 0 spiro atoms. The van der Waals surface area contributed by atoms with Gasteiger partial charge in [-0.3, -0.25) is 0 Å². The zero-order chi connectivity index (χ0) is 21.1. The molecule has 0 atom stereocenters. The highest BCUT2D eigenvalue weighted by Crippen LogP contribution is 2.35. The van der Waals surface area contributed by atoms with Gasteiger partial charge in [0.2, 0.25) is 0 Å². The van der Waals surface area contributed by atoms with E-state index < -0.39 is 16.0 Å². The molecule has 7 nitrogen and oxygen atoms in total. The zero-order valence-electron chi connectivity index (χ0n) is 16.8. The Labute approximate surface area is 176 Å². The van der Waals surface area contributed by atoms with E-state index in [1.807, 2.05) is 11.8 Å². The van der Waals surface area contributed by atoms with Gasteiger partial charge in [-0.2, -0.15) is 8.42 Å². The van der Waals surface area contributed by atoms with Crippen molar-refractivity contribution in [1.82, 2.24) is 0 Å². The highest BCUT2D eigenvalue weighted by atomic mass is 32.2. The number of nitrogens with zero attached hydrogens (tertiary/aromatic N) is 2. The number of fused-ring (bicyclic) bond motifs is 3. The van der Waals surface area contributed by atoms with Gasteiger partial charge in [0.15, 0.2) is 11.5 Å². The number of rotatable bonds is 5. The molecule has 0 unspecified atom stereocenters. The van der Waals surface area contributed by atoms with Crippen molar-refractivity contribution in [2.75, 3.05) is 18.1 Å². The van der Waals surface area contributed by atoms with Crippen LogP contribution in [-0.2, 0) is 10.0 Å². The van der Waals surface area contributed by atoms with Crippen LogP contribution in [0.4, 0.5) is 5.69 Å². The van der Waals surface area contributed by atoms with Crippen LogP contribution in [0.2, 0.25) is 0 Å². The molecule has 8 heteroatoms. The third-order valence-corrected chi connectivity index (χ3v) is 6.43. The third-order valence-electron chi connectivity index (χ3n) is 5.10. The fourth-order valence-corrected chi connectivity index (χ4v) is 4.92. The summed E-state index contributed by atoms with van der Waals surface area (Å²) >= 11 is 0. The first-order valence-electron chi connectivity index (χ1n) is 10.2. The number of anilines is 1. The minimum absolute atomic E-state index is 0.0399. The quantitative estimate of drug-likeness (QED) is 0.525. The first-order valence-corrected chi connectivity index (χ1v) is 11.6. The lowest BCUT2D eigenvalue weighted by Crippen LogP contribution is -2.35. The van der Waals surface area contributed by atoms with E-state index in [4.69, 9.17) is 9.47 Å². The van der Waals surface area contributed by atoms with E-state index in [-0.39, 0.29) is 10.5 Å². The van der Waals surface area contributed by atoms with Crippen molar-refractivity contribution in [3.05, 3.63) is 48.0 Å². The Bertz CT molecular complexity index is 1090. The molecule has 1 fully saturated rings. The Hall–Kier alpha value is -2.87. The van der Waals surface area contributed by atoms with Crippen molar-refractivity contribution in [1.29, 1.82) is 0 Å². The summed E-state index contributed by atoms with van der Waals surface area (Å²) in [6, 6.07) is 11.5. The summed E-state index contributed by atoms with van der Waals surface area (Å²) in [5.74, 6) is 0.699. The number of ether oxygens (including phenoxy) is 2. The number of esters is 1. The van der Waals surface area contributed by atoms with E-state index in [0.29, 0.717) is 42.6 Å². The second kappa shape index (κ2) is 8.47. The predicted molar refractivity (Wildman–Crippen MR) is 114 cm³/mol. The molecule has 30 heavy (non-hydrogen) atoms. The number of amidine groups is 1. The van der Waals surface area contributed by atoms with Crippen LogP contribution in [0.1, 0.15) is 49.4 Å². The topological polar surface area (TPSA) is 85.3 Å². The lowest BCUT2D eigenvalue weighted by molar-refractivity contribution is 0.0728. The number of carbonyl (C=O) groups excluding carboxylic acids is 1. The molecule has 0 radical (unpaired) electrons. The van der Waals surface area contributed by atoms with E-state index in [9.17, 15) is 13.2 Å². The van der Waals surface area contributed by atoms with E-state index in [1.54, 1.807) is 36.4 Å². The molecule has 2 aliphatic heterocycles. The van der Waals surface area contributed by atoms with Gasteiger partial charge >= 0.3 is 5.97 Å². The van der Waals surface area contributed by atoms with Crippen LogP contribution >= 0.6 is 0 Å². The maximum atomic E-state index is 12.8. The molecule has 1 saturated heterocycles. The molecule has 0 bridgehead atoms. The summed E-state index contributed by atoms with van der Waals surface area (Å²) in [6.07, 6.45) is 4.39. The first-order chi connectivity index (χ1) is 14.5. The van der Waals surface area contributed by atoms with E-state index >= 15 is 0 Å². The lowest BCUT2D eigenvalue weighted by Gasteiger charge is -2.29. The number of benzene rings is 2. The van der Waals surface area contributed by atoms with E-state index in [1.165, 1.54) is 6.07 Å². The van der Waals surface area contributed by atoms with Gasteiger partial charge in [0, 0.05) is 13.0 Å². The third kappa shape index (κ3) is 4.05. The summed E-state index contributed by atoms with van der Waals surface area (Å²) in [4.78, 5) is 14.7. The highest BCUT2D eigenvalue weighted by molar-refractivity contribution is 7.90. The standard InChI is InChI=1S/C22H24N2O5S/c1-2-14-28-18-8-5-6-9-19(18)29-22(25)16-11-12-17-20(15-16)30(26,27)23-21-10-4-3-7-13-24(17)21/h5-6,8-9,11-12,15H,2-4,7,10,13-14H2,1H3. The maximum absolute atomic E-state index is 12.8. The van der Waals surface area contributed by atoms with Crippen LogP contribution in [0.3, 0.4) is 0 Å². The molecule has 0 N–H and O–H groups in total. The molecular weight excluding hydrogens is 404 g/mol. The molecule has 0 amide bonds. The Balaban J connectivity index is 1.64. The molecule has 0 aromatic heterocycles. The highest BCUT2D eigenvalue weighted by Gasteiger charge is 2.32. The Morgan fingerprint density at radius 2 is 1.90 bits per heavy atom. The minimum Gasteiger partial charge on any atom is -0.490 e. The van der Waals surface area contributed by atoms with Gasteiger partial charge in [-0.25, -0.2) is 4.79 Å². The molecule has 0 saturated carbocycles. The number of sulfonamides is 1. The minimum atomic E-state index is -3.86. The molecule has 0 aliphatic carbocycles. The van der Waals surface area contributed by atoms with Gasteiger partial charge in [-0.05, 0) is 49.6 Å².